The maximum Gasteiger partial charge on any atom is 0.490 e. The number of carboxylic acid groups (broad SMARTS) is 1. The molecule has 4 rings (SSSR count). The number of anilines is 1. The van der Waals surface area contributed by atoms with Gasteiger partial charge in [-0.25, -0.2) is 23.5 Å². The molecule has 34 heavy (non-hydrogen) atoms. The summed E-state index contributed by atoms with van der Waals surface area (Å²) in [5.74, 6) is -2.79. The van der Waals surface area contributed by atoms with Gasteiger partial charge in [-0.2, -0.15) is 18.3 Å². The number of hydrogen-bond donors (Lipinski definition) is 2. The maximum atomic E-state index is 12.7. The van der Waals surface area contributed by atoms with Crippen LogP contribution in [0.4, 0.5) is 27.8 Å². The van der Waals surface area contributed by atoms with Gasteiger partial charge >= 0.3 is 12.1 Å². The third-order valence-corrected chi connectivity index (χ3v) is 4.62. The van der Waals surface area contributed by atoms with E-state index in [0.29, 0.717) is 11.4 Å². The summed E-state index contributed by atoms with van der Waals surface area (Å²) < 4.78 is 64.4. The molecule has 0 spiro atoms. The standard InChI is InChI=1S/C18H17F2N5O2.C2HF3O2/c19-17(20)13-2-1-3-16(22-13)23-18(26)14-6-12-9-25(24-15(12)7-21-14)8-11-4-5-27-10-11;3-2(4,5)1(6)7/h1-3,6-7,9,11,17H,4-5,8,10H2,(H,22,23,26);(H,6,7). The molecule has 0 aliphatic carbocycles. The van der Waals surface area contributed by atoms with E-state index in [1.807, 2.05) is 10.9 Å². The van der Waals surface area contributed by atoms with Crippen molar-refractivity contribution in [1.82, 2.24) is 19.7 Å². The molecular weight excluding hydrogens is 469 g/mol. The number of carboxylic acids is 1. The summed E-state index contributed by atoms with van der Waals surface area (Å²) in [5.41, 5.74) is 0.451. The van der Waals surface area contributed by atoms with Crippen LogP contribution >= 0.6 is 0 Å². The van der Waals surface area contributed by atoms with E-state index in [0.717, 1.165) is 31.6 Å². The highest BCUT2D eigenvalue weighted by Crippen LogP contribution is 2.20. The zero-order valence-corrected chi connectivity index (χ0v) is 17.3. The molecule has 1 atom stereocenters. The quantitative estimate of drug-likeness (QED) is 0.527. The number of ether oxygens (including phenoxy) is 1. The molecule has 1 unspecified atom stereocenters. The van der Waals surface area contributed by atoms with Crippen LogP contribution in [-0.2, 0) is 16.1 Å². The highest BCUT2D eigenvalue weighted by molar-refractivity contribution is 6.04. The first-order valence-electron chi connectivity index (χ1n) is 9.80. The van der Waals surface area contributed by atoms with Crippen LogP contribution in [0.3, 0.4) is 0 Å². The van der Waals surface area contributed by atoms with E-state index in [9.17, 15) is 26.7 Å². The molecule has 0 aromatic carbocycles. The van der Waals surface area contributed by atoms with E-state index in [-0.39, 0.29) is 11.5 Å². The molecule has 1 aliphatic rings. The Balaban J connectivity index is 0.000000406. The second-order valence-corrected chi connectivity index (χ2v) is 7.21. The molecule has 1 amide bonds. The number of nitrogens with zero attached hydrogens (tertiary/aromatic N) is 4. The van der Waals surface area contributed by atoms with Crippen molar-refractivity contribution in [2.24, 2.45) is 5.92 Å². The topological polar surface area (TPSA) is 119 Å². The van der Waals surface area contributed by atoms with Gasteiger partial charge in [-0.3, -0.25) is 9.48 Å². The smallest absolute Gasteiger partial charge is 0.475 e. The Labute approximate surface area is 188 Å². The monoisotopic (exact) mass is 487 g/mol. The van der Waals surface area contributed by atoms with E-state index >= 15 is 0 Å². The predicted molar refractivity (Wildman–Crippen MR) is 107 cm³/mol. The fourth-order valence-corrected chi connectivity index (χ4v) is 3.01. The van der Waals surface area contributed by atoms with Gasteiger partial charge in [0.1, 0.15) is 22.7 Å². The number of carbonyl (C=O) groups is 2. The molecule has 3 aromatic rings. The van der Waals surface area contributed by atoms with Gasteiger partial charge in [0.15, 0.2) is 0 Å². The summed E-state index contributed by atoms with van der Waals surface area (Å²) in [5, 5.41) is 14.9. The number of aliphatic carboxylic acids is 1. The number of hydrogen-bond acceptors (Lipinski definition) is 6. The minimum absolute atomic E-state index is 0.0524. The average molecular weight is 487 g/mol. The SMILES string of the molecule is O=C(Nc1cccc(C(F)F)n1)c1cc2cn(CC3CCOC3)nc2cn1.O=C(O)C(F)(F)F. The Hall–Kier alpha value is -3.68. The van der Waals surface area contributed by atoms with Crippen molar-refractivity contribution in [3.63, 3.8) is 0 Å². The van der Waals surface area contributed by atoms with Gasteiger partial charge in [-0.1, -0.05) is 6.07 Å². The van der Waals surface area contributed by atoms with Gasteiger partial charge in [0, 0.05) is 30.7 Å². The first-order valence-corrected chi connectivity index (χ1v) is 9.80. The van der Waals surface area contributed by atoms with Crippen LogP contribution in [0.15, 0.2) is 36.7 Å². The highest BCUT2D eigenvalue weighted by atomic mass is 19.4. The normalized spacial score (nSPS) is 15.8. The number of halogens is 5. The van der Waals surface area contributed by atoms with Crippen LogP contribution < -0.4 is 5.32 Å². The summed E-state index contributed by atoms with van der Waals surface area (Å²) in [7, 11) is 0. The number of amides is 1. The van der Waals surface area contributed by atoms with Gasteiger partial charge in [0.2, 0.25) is 0 Å². The third kappa shape index (κ3) is 6.66. The van der Waals surface area contributed by atoms with Gasteiger partial charge in [0.25, 0.3) is 12.3 Å². The number of nitrogens with one attached hydrogen (secondary N) is 1. The van der Waals surface area contributed by atoms with E-state index in [1.165, 1.54) is 24.4 Å². The first kappa shape index (κ1) is 25.0. The second kappa shape index (κ2) is 10.5. The van der Waals surface area contributed by atoms with Crippen LogP contribution in [-0.4, -0.2) is 56.1 Å². The summed E-state index contributed by atoms with van der Waals surface area (Å²) in [6.07, 6.45) is -3.39. The van der Waals surface area contributed by atoms with Crippen molar-refractivity contribution < 1.29 is 41.4 Å². The number of aromatic nitrogens is 4. The Kier molecular flexibility index (Phi) is 7.71. The lowest BCUT2D eigenvalue weighted by Crippen LogP contribution is -2.21. The molecule has 1 saturated heterocycles. The first-order chi connectivity index (χ1) is 16.0. The number of rotatable bonds is 5. The summed E-state index contributed by atoms with van der Waals surface area (Å²) in [6, 6.07) is 5.69. The molecule has 1 fully saturated rings. The number of alkyl halides is 5. The lowest BCUT2D eigenvalue weighted by atomic mass is 10.1. The van der Waals surface area contributed by atoms with Crippen LogP contribution in [0.2, 0.25) is 0 Å². The zero-order chi connectivity index (χ0) is 24.9. The minimum atomic E-state index is -5.08. The average Bonchev–Trinajstić information content (AvgIpc) is 3.42. The highest BCUT2D eigenvalue weighted by Gasteiger charge is 2.38. The van der Waals surface area contributed by atoms with E-state index < -0.39 is 30.2 Å². The summed E-state index contributed by atoms with van der Waals surface area (Å²) in [4.78, 5) is 29.1. The van der Waals surface area contributed by atoms with Gasteiger partial charge < -0.3 is 15.2 Å². The second-order valence-electron chi connectivity index (χ2n) is 7.21. The molecule has 2 N–H and O–H groups in total. The lowest BCUT2D eigenvalue weighted by molar-refractivity contribution is -0.192. The van der Waals surface area contributed by atoms with Crippen LogP contribution in [0, 0.1) is 5.92 Å². The van der Waals surface area contributed by atoms with Crippen LogP contribution in [0.25, 0.3) is 10.9 Å². The van der Waals surface area contributed by atoms with Gasteiger partial charge in [0.05, 0.1) is 12.8 Å². The van der Waals surface area contributed by atoms with Crippen molar-refractivity contribution in [2.75, 3.05) is 18.5 Å². The molecule has 14 heteroatoms. The zero-order valence-electron chi connectivity index (χ0n) is 17.3. The molecular formula is C20H18F5N5O4. The number of fused-ring (bicyclic) bond motifs is 1. The fourth-order valence-electron chi connectivity index (χ4n) is 3.01. The van der Waals surface area contributed by atoms with E-state index in [4.69, 9.17) is 14.6 Å². The molecule has 3 aromatic heterocycles. The van der Waals surface area contributed by atoms with Crippen molar-refractivity contribution in [1.29, 1.82) is 0 Å². The fraction of sp³-hybridized carbons (Fsp3) is 0.350. The maximum absolute atomic E-state index is 12.7. The molecule has 0 saturated carbocycles. The minimum Gasteiger partial charge on any atom is -0.475 e. The van der Waals surface area contributed by atoms with Crippen LogP contribution in [0.1, 0.15) is 29.0 Å². The number of pyridine rings is 2. The Bertz CT molecular complexity index is 1160. The molecule has 182 valence electrons. The van der Waals surface area contributed by atoms with E-state index in [2.05, 4.69) is 20.4 Å². The van der Waals surface area contributed by atoms with Crippen molar-refractivity contribution in [3.8, 4) is 0 Å². The molecule has 0 radical (unpaired) electrons. The molecule has 4 heterocycles. The Morgan fingerprint density at radius 1 is 1.29 bits per heavy atom. The largest absolute Gasteiger partial charge is 0.490 e. The molecule has 9 nitrogen and oxygen atoms in total. The lowest BCUT2D eigenvalue weighted by Gasteiger charge is -2.06. The Morgan fingerprint density at radius 3 is 2.65 bits per heavy atom. The number of carbonyl (C=O) groups excluding carboxylic acids is 1. The Morgan fingerprint density at radius 2 is 2.03 bits per heavy atom. The summed E-state index contributed by atoms with van der Waals surface area (Å²) in [6.45, 7) is 2.26. The van der Waals surface area contributed by atoms with Crippen LogP contribution in [0.5, 0.6) is 0 Å². The van der Waals surface area contributed by atoms with Crippen molar-refractivity contribution >= 4 is 28.6 Å². The van der Waals surface area contributed by atoms with Crippen molar-refractivity contribution in [2.45, 2.75) is 25.6 Å². The van der Waals surface area contributed by atoms with Crippen molar-refractivity contribution in [3.05, 3.63) is 48.0 Å². The van der Waals surface area contributed by atoms with Gasteiger partial charge in [-0.05, 0) is 24.6 Å². The predicted octanol–water partition coefficient (Wildman–Crippen LogP) is 3.69. The summed E-state index contributed by atoms with van der Waals surface area (Å²) >= 11 is 0. The van der Waals surface area contributed by atoms with E-state index in [1.54, 1.807) is 6.07 Å². The molecule has 1 aliphatic heterocycles. The molecule has 0 bridgehead atoms. The van der Waals surface area contributed by atoms with Gasteiger partial charge in [-0.15, -0.1) is 0 Å². The third-order valence-electron chi connectivity index (χ3n) is 4.62.